The van der Waals surface area contributed by atoms with E-state index >= 15 is 0 Å². The molecule has 0 radical (unpaired) electrons. The van der Waals surface area contributed by atoms with E-state index in [1.807, 2.05) is 23.6 Å². The van der Waals surface area contributed by atoms with Gasteiger partial charge in [-0.15, -0.1) is 11.3 Å². The van der Waals surface area contributed by atoms with Gasteiger partial charge in [-0.2, -0.15) is 10.4 Å². The van der Waals surface area contributed by atoms with E-state index in [4.69, 9.17) is 5.26 Å². The number of rotatable bonds is 4. The Morgan fingerprint density at radius 1 is 1.21 bits per heavy atom. The largest absolute Gasteiger partial charge is 0.324 e. The second-order valence-corrected chi connectivity index (χ2v) is 5.88. The van der Waals surface area contributed by atoms with E-state index in [-0.39, 0.29) is 18.0 Å². The number of hydrogen-bond donors (Lipinski definition) is 1. The fraction of sp³-hybridized carbons (Fsp3) is 0.0588. The number of benzene rings is 1. The molecule has 1 aromatic carbocycles. The van der Waals surface area contributed by atoms with Crippen LogP contribution in [-0.2, 0) is 11.3 Å². The first-order valence-corrected chi connectivity index (χ1v) is 7.96. The normalized spacial score (nSPS) is 10.1. The first-order valence-electron chi connectivity index (χ1n) is 7.08. The molecule has 6 nitrogen and oxygen atoms in total. The predicted molar refractivity (Wildman–Crippen MR) is 91.6 cm³/mol. The molecular formula is C17H12N4O2S. The summed E-state index contributed by atoms with van der Waals surface area (Å²) in [5.41, 5.74) is 1.37. The van der Waals surface area contributed by atoms with Gasteiger partial charge in [0.05, 0.1) is 16.5 Å². The number of aromatic nitrogens is 2. The second kappa shape index (κ2) is 6.89. The van der Waals surface area contributed by atoms with Gasteiger partial charge in [-0.1, -0.05) is 6.07 Å². The molecule has 3 aromatic rings. The number of anilines is 1. The minimum atomic E-state index is -0.363. The molecule has 0 aliphatic rings. The van der Waals surface area contributed by atoms with Gasteiger partial charge in [-0.3, -0.25) is 9.59 Å². The third kappa shape index (κ3) is 3.56. The van der Waals surface area contributed by atoms with Crippen molar-refractivity contribution in [2.75, 3.05) is 5.32 Å². The molecule has 0 spiro atoms. The molecule has 2 aromatic heterocycles. The lowest BCUT2D eigenvalue weighted by Crippen LogP contribution is -2.29. The number of carbonyl (C=O) groups is 1. The van der Waals surface area contributed by atoms with Crippen LogP contribution in [0, 0.1) is 11.3 Å². The molecular weight excluding hydrogens is 324 g/mol. The van der Waals surface area contributed by atoms with Crippen molar-refractivity contribution < 1.29 is 4.79 Å². The van der Waals surface area contributed by atoms with Gasteiger partial charge in [0.1, 0.15) is 12.2 Å². The molecule has 0 aliphatic carbocycles. The van der Waals surface area contributed by atoms with E-state index in [2.05, 4.69) is 10.4 Å². The summed E-state index contributed by atoms with van der Waals surface area (Å²) in [7, 11) is 0. The van der Waals surface area contributed by atoms with E-state index in [1.165, 1.54) is 17.4 Å². The van der Waals surface area contributed by atoms with Crippen molar-refractivity contribution in [2.24, 2.45) is 0 Å². The Kier molecular flexibility index (Phi) is 4.50. The van der Waals surface area contributed by atoms with Crippen molar-refractivity contribution in [3.63, 3.8) is 0 Å². The number of amides is 1. The Balaban J connectivity index is 1.75. The SMILES string of the molecule is N#Cc1ccc(NC(=O)Cn2nc(-c3cccs3)ccc2=O)cc1. The fourth-order valence-corrected chi connectivity index (χ4v) is 2.77. The van der Waals surface area contributed by atoms with Crippen LogP contribution in [0.2, 0.25) is 0 Å². The van der Waals surface area contributed by atoms with Crippen LogP contribution in [0.25, 0.3) is 10.6 Å². The molecule has 0 aliphatic heterocycles. The molecule has 0 fully saturated rings. The summed E-state index contributed by atoms with van der Waals surface area (Å²) in [4.78, 5) is 24.9. The Morgan fingerprint density at radius 3 is 2.67 bits per heavy atom. The van der Waals surface area contributed by atoms with Crippen LogP contribution in [-0.4, -0.2) is 15.7 Å². The molecule has 2 heterocycles. The molecule has 0 unspecified atom stereocenters. The van der Waals surface area contributed by atoms with Crippen LogP contribution in [0.15, 0.2) is 58.7 Å². The third-order valence-electron chi connectivity index (χ3n) is 3.23. The van der Waals surface area contributed by atoms with Gasteiger partial charge in [-0.05, 0) is 41.8 Å². The first-order chi connectivity index (χ1) is 11.7. The average molecular weight is 336 g/mol. The molecule has 24 heavy (non-hydrogen) atoms. The lowest BCUT2D eigenvalue weighted by Gasteiger charge is -2.07. The van der Waals surface area contributed by atoms with Gasteiger partial charge >= 0.3 is 0 Å². The summed E-state index contributed by atoms with van der Waals surface area (Å²) in [5, 5.41) is 17.6. The number of carbonyl (C=O) groups excluding carboxylic acids is 1. The Labute approximate surface area is 141 Å². The average Bonchev–Trinajstić information content (AvgIpc) is 3.12. The molecule has 0 atom stereocenters. The van der Waals surface area contributed by atoms with Crippen LogP contribution in [0.4, 0.5) is 5.69 Å². The molecule has 0 bridgehead atoms. The van der Waals surface area contributed by atoms with Crippen molar-refractivity contribution in [1.29, 1.82) is 5.26 Å². The molecule has 118 valence electrons. The van der Waals surface area contributed by atoms with Crippen molar-refractivity contribution in [3.05, 3.63) is 69.8 Å². The summed E-state index contributed by atoms with van der Waals surface area (Å²) < 4.78 is 1.13. The quantitative estimate of drug-likeness (QED) is 0.793. The summed E-state index contributed by atoms with van der Waals surface area (Å²) >= 11 is 1.51. The van der Waals surface area contributed by atoms with Gasteiger partial charge in [0.15, 0.2) is 0 Å². The molecule has 1 amide bonds. The van der Waals surface area contributed by atoms with E-state index in [0.29, 0.717) is 16.9 Å². The van der Waals surface area contributed by atoms with Gasteiger partial charge in [-0.25, -0.2) is 4.68 Å². The second-order valence-electron chi connectivity index (χ2n) is 4.93. The zero-order valence-corrected chi connectivity index (χ0v) is 13.3. The molecule has 0 saturated heterocycles. The summed E-state index contributed by atoms with van der Waals surface area (Å²) in [5.74, 6) is -0.363. The van der Waals surface area contributed by atoms with Crippen LogP contribution < -0.4 is 10.9 Å². The van der Waals surface area contributed by atoms with Crippen LogP contribution in [0.5, 0.6) is 0 Å². The van der Waals surface area contributed by atoms with Gasteiger partial charge in [0.2, 0.25) is 5.91 Å². The smallest absolute Gasteiger partial charge is 0.267 e. The molecule has 0 saturated carbocycles. The molecule has 1 N–H and O–H groups in total. The fourth-order valence-electron chi connectivity index (χ4n) is 2.08. The number of nitriles is 1. The number of hydrogen-bond acceptors (Lipinski definition) is 5. The topological polar surface area (TPSA) is 87.8 Å². The molecule has 7 heteroatoms. The van der Waals surface area contributed by atoms with Gasteiger partial charge in [0.25, 0.3) is 5.56 Å². The summed E-state index contributed by atoms with van der Waals surface area (Å²) in [6.07, 6.45) is 0. The third-order valence-corrected chi connectivity index (χ3v) is 4.12. The minimum absolute atomic E-state index is 0.182. The Bertz CT molecular complexity index is 954. The van der Waals surface area contributed by atoms with Crippen molar-refractivity contribution in [3.8, 4) is 16.6 Å². The highest BCUT2D eigenvalue weighted by atomic mass is 32.1. The lowest BCUT2D eigenvalue weighted by atomic mass is 10.2. The first kappa shape index (κ1) is 15.6. The van der Waals surface area contributed by atoms with E-state index in [1.54, 1.807) is 30.3 Å². The maximum atomic E-state index is 12.1. The number of nitrogens with one attached hydrogen (secondary N) is 1. The Hall–Kier alpha value is -3.24. The van der Waals surface area contributed by atoms with Gasteiger partial charge < -0.3 is 5.32 Å². The maximum Gasteiger partial charge on any atom is 0.267 e. The van der Waals surface area contributed by atoms with Crippen molar-refractivity contribution in [1.82, 2.24) is 9.78 Å². The molecule has 3 rings (SSSR count). The van der Waals surface area contributed by atoms with Crippen LogP contribution in [0.3, 0.4) is 0 Å². The number of thiophene rings is 1. The van der Waals surface area contributed by atoms with Crippen molar-refractivity contribution in [2.45, 2.75) is 6.54 Å². The lowest BCUT2D eigenvalue weighted by molar-refractivity contribution is -0.117. The maximum absolute atomic E-state index is 12.1. The zero-order chi connectivity index (χ0) is 16.9. The van der Waals surface area contributed by atoms with E-state index in [0.717, 1.165) is 9.56 Å². The monoisotopic (exact) mass is 336 g/mol. The highest BCUT2D eigenvalue weighted by Crippen LogP contribution is 2.21. The van der Waals surface area contributed by atoms with Crippen LogP contribution in [0.1, 0.15) is 5.56 Å². The minimum Gasteiger partial charge on any atom is -0.324 e. The van der Waals surface area contributed by atoms with Gasteiger partial charge in [0, 0.05) is 11.8 Å². The highest BCUT2D eigenvalue weighted by Gasteiger charge is 2.09. The number of nitrogens with zero attached hydrogens (tertiary/aromatic N) is 3. The van der Waals surface area contributed by atoms with Crippen molar-refractivity contribution >= 4 is 22.9 Å². The standard InChI is InChI=1S/C17H12N4O2S/c18-10-12-3-5-13(6-4-12)19-16(22)11-21-17(23)8-7-14(20-21)15-2-1-9-24-15/h1-9H,11H2,(H,19,22). The van der Waals surface area contributed by atoms with E-state index in [9.17, 15) is 9.59 Å². The summed E-state index contributed by atoms with van der Waals surface area (Å²) in [6, 6.07) is 15.3. The van der Waals surface area contributed by atoms with Crippen LogP contribution >= 0.6 is 11.3 Å². The summed E-state index contributed by atoms with van der Waals surface area (Å²) in [6.45, 7) is -0.182. The highest BCUT2D eigenvalue weighted by molar-refractivity contribution is 7.13. The Morgan fingerprint density at radius 2 is 2.00 bits per heavy atom. The predicted octanol–water partition coefficient (Wildman–Crippen LogP) is 2.48. The zero-order valence-electron chi connectivity index (χ0n) is 12.5. The van der Waals surface area contributed by atoms with E-state index < -0.39 is 0 Å².